The van der Waals surface area contributed by atoms with E-state index in [4.69, 9.17) is 10.5 Å². The molecule has 1 rings (SSSR count). The normalized spacial score (nSPS) is 14.5. The molecule has 0 fully saturated rings. The minimum atomic E-state index is -1.27. The maximum atomic E-state index is 13.3. The van der Waals surface area contributed by atoms with E-state index < -0.39 is 29.7 Å². The van der Waals surface area contributed by atoms with Crippen molar-refractivity contribution in [1.82, 2.24) is 5.32 Å². The molecule has 0 spiro atoms. The number of nitrogens with one attached hydrogen (secondary N) is 1. The van der Waals surface area contributed by atoms with Gasteiger partial charge in [0, 0.05) is 6.54 Å². The van der Waals surface area contributed by atoms with E-state index in [0.717, 1.165) is 0 Å². The second-order valence-electron chi connectivity index (χ2n) is 5.58. The Morgan fingerprint density at radius 2 is 2.10 bits per heavy atom. The monoisotopic (exact) mass is 284 g/mol. The van der Waals surface area contributed by atoms with Crippen LogP contribution in [0.4, 0.5) is 9.18 Å². The van der Waals surface area contributed by atoms with Crippen LogP contribution in [0, 0.1) is 5.82 Å². The van der Waals surface area contributed by atoms with E-state index in [9.17, 15) is 14.3 Å². The Kier molecular flexibility index (Phi) is 5.08. The summed E-state index contributed by atoms with van der Waals surface area (Å²) in [4.78, 5) is 11.9. The molecular weight excluding hydrogens is 263 g/mol. The van der Waals surface area contributed by atoms with Crippen LogP contribution in [0.25, 0.3) is 0 Å². The van der Waals surface area contributed by atoms with Gasteiger partial charge in [0.25, 0.3) is 0 Å². The smallest absolute Gasteiger partial charge is 0.408 e. The van der Waals surface area contributed by atoms with Crippen molar-refractivity contribution in [2.24, 2.45) is 5.73 Å². The summed E-state index contributed by atoms with van der Waals surface area (Å²) in [5, 5.41) is 12.1. The molecule has 0 aliphatic rings. The number of hydrogen-bond acceptors (Lipinski definition) is 4. The standard InChI is InChI=1S/C14H21FN2O3/c1-13(2,3)20-12(19)17-14(8-16,9-18)10-5-4-6-11(15)7-10/h4-7,18H,8-9,16H2,1-3H3,(H,17,19). The molecule has 1 aromatic carbocycles. The topological polar surface area (TPSA) is 84.6 Å². The van der Waals surface area contributed by atoms with E-state index in [0.29, 0.717) is 5.56 Å². The lowest BCUT2D eigenvalue weighted by Crippen LogP contribution is -2.54. The Bertz CT molecular complexity index is 468. The van der Waals surface area contributed by atoms with Crippen LogP contribution in [-0.2, 0) is 10.3 Å². The van der Waals surface area contributed by atoms with E-state index in [1.165, 1.54) is 18.2 Å². The van der Waals surface area contributed by atoms with E-state index in [-0.39, 0.29) is 6.54 Å². The number of benzene rings is 1. The molecule has 6 heteroatoms. The number of carbonyl (C=O) groups is 1. The lowest BCUT2D eigenvalue weighted by Gasteiger charge is -2.33. The predicted octanol–water partition coefficient (Wildman–Crippen LogP) is 1.50. The number of rotatable bonds is 4. The average molecular weight is 284 g/mol. The molecule has 0 aromatic heterocycles. The van der Waals surface area contributed by atoms with Crippen molar-refractivity contribution in [3.05, 3.63) is 35.6 Å². The first-order valence-electron chi connectivity index (χ1n) is 6.30. The van der Waals surface area contributed by atoms with Gasteiger partial charge in [-0.3, -0.25) is 0 Å². The van der Waals surface area contributed by atoms with Crippen LogP contribution >= 0.6 is 0 Å². The summed E-state index contributed by atoms with van der Waals surface area (Å²) in [6, 6.07) is 5.57. The molecular formula is C14H21FN2O3. The van der Waals surface area contributed by atoms with E-state index in [2.05, 4.69) is 5.32 Å². The van der Waals surface area contributed by atoms with Crippen LogP contribution in [0.15, 0.2) is 24.3 Å². The van der Waals surface area contributed by atoms with Gasteiger partial charge in [-0.25, -0.2) is 9.18 Å². The van der Waals surface area contributed by atoms with Gasteiger partial charge in [0.1, 0.15) is 17.0 Å². The van der Waals surface area contributed by atoms with Crippen LogP contribution in [0.2, 0.25) is 0 Å². The van der Waals surface area contributed by atoms with Gasteiger partial charge in [-0.15, -0.1) is 0 Å². The van der Waals surface area contributed by atoms with Crippen molar-refractivity contribution in [2.75, 3.05) is 13.2 Å². The van der Waals surface area contributed by atoms with Gasteiger partial charge < -0.3 is 20.9 Å². The molecule has 1 amide bonds. The SMILES string of the molecule is CC(C)(C)OC(=O)NC(CN)(CO)c1cccc(F)c1. The summed E-state index contributed by atoms with van der Waals surface area (Å²) in [5.41, 5.74) is 4.09. The van der Waals surface area contributed by atoms with Crippen LogP contribution in [0.5, 0.6) is 0 Å². The molecule has 1 atom stereocenters. The molecule has 0 radical (unpaired) electrons. The molecule has 0 aliphatic heterocycles. The fourth-order valence-electron chi connectivity index (χ4n) is 1.72. The van der Waals surface area contributed by atoms with Crippen molar-refractivity contribution in [3.8, 4) is 0 Å². The second-order valence-corrected chi connectivity index (χ2v) is 5.58. The van der Waals surface area contributed by atoms with Crippen molar-refractivity contribution in [1.29, 1.82) is 0 Å². The van der Waals surface area contributed by atoms with E-state index in [1.54, 1.807) is 26.8 Å². The first kappa shape index (κ1) is 16.4. The highest BCUT2D eigenvalue weighted by Crippen LogP contribution is 2.21. The van der Waals surface area contributed by atoms with Gasteiger partial charge >= 0.3 is 6.09 Å². The molecule has 20 heavy (non-hydrogen) atoms. The summed E-state index contributed by atoms with van der Waals surface area (Å²) in [5.74, 6) is -0.472. The molecule has 112 valence electrons. The Labute approximate surface area is 117 Å². The fraction of sp³-hybridized carbons (Fsp3) is 0.500. The molecule has 0 aliphatic carbocycles. The molecule has 1 aromatic rings. The first-order valence-corrected chi connectivity index (χ1v) is 6.30. The van der Waals surface area contributed by atoms with Crippen LogP contribution < -0.4 is 11.1 Å². The third kappa shape index (κ3) is 4.18. The molecule has 0 heterocycles. The third-order valence-corrected chi connectivity index (χ3v) is 2.74. The molecule has 0 saturated heterocycles. The summed E-state index contributed by atoms with van der Waals surface area (Å²) >= 11 is 0. The van der Waals surface area contributed by atoms with Crippen molar-refractivity contribution >= 4 is 6.09 Å². The number of alkyl carbamates (subject to hydrolysis) is 1. The third-order valence-electron chi connectivity index (χ3n) is 2.74. The predicted molar refractivity (Wildman–Crippen MR) is 73.6 cm³/mol. The molecule has 0 saturated carbocycles. The van der Waals surface area contributed by atoms with Gasteiger partial charge in [0.2, 0.25) is 0 Å². The number of aliphatic hydroxyl groups excluding tert-OH is 1. The summed E-state index contributed by atoms with van der Waals surface area (Å²) < 4.78 is 18.5. The van der Waals surface area contributed by atoms with Crippen LogP contribution in [-0.4, -0.2) is 30.0 Å². The molecule has 4 N–H and O–H groups in total. The van der Waals surface area contributed by atoms with E-state index in [1.807, 2.05) is 0 Å². The van der Waals surface area contributed by atoms with E-state index >= 15 is 0 Å². The van der Waals surface area contributed by atoms with Crippen molar-refractivity contribution < 1.29 is 19.0 Å². The number of ether oxygens (including phenoxy) is 1. The lowest BCUT2D eigenvalue weighted by molar-refractivity contribution is 0.0400. The highest BCUT2D eigenvalue weighted by atomic mass is 19.1. The lowest BCUT2D eigenvalue weighted by atomic mass is 9.91. The van der Waals surface area contributed by atoms with Gasteiger partial charge in [-0.05, 0) is 38.5 Å². The zero-order valence-corrected chi connectivity index (χ0v) is 11.9. The maximum absolute atomic E-state index is 13.3. The summed E-state index contributed by atoms with van der Waals surface area (Å²) in [7, 11) is 0. The molecule has 0 bridgehead atoms. The van der Waals surface area contributed by atoms with Crippen LogP contribution in [0.3, 0.4) is 0 Å². The summed E-state index contributed by atoms with van der Waals surface area (Å²) in [6.45, 7) is 4.60. The largest absolute Gasteiger partial charge is 0.444 e. The highest BCUT2D eigenvalue weighted by Gasteiger charge is 2.34. The molecule has 5 nitrogen and oxygen atoms in total. The van der Waals surface area contributed by atoms with Crippen molar-refractivity contribution in [2.45, 2.75) is 31.9 Å². The number of hydrogen-bond donors (Lipinski definition) is 3. The number of nitrogens with two attached hydrogens (primary N) is 1. The Hall–Kier alpha value is -1.66. The number of amides is 1. The maximum Gasteiger partial charge on any atom is 0.408 e. The number of halogens is 1. The zero-order chi connectivity index (χ0) is 15.4. The summed E-state index contributed by atoms with van der Waals surface area (Å²) in [6.07, 6.45) is -0.721. The molecule has 1 unspecified atom stereocenters. The highest BCUT2D eigenvalue weighted by molar-refractivity contribution is 5.69. The number of aliphatic hydroxyl groups is 1. The fourth-order valence-corrected chi connectivity index (χ4v) is 1.72. The van der Waals surface area contributed by atoms with Gasteiger partial charge in [-0.1, -0.05) is 12.1 Å². The van der Waals surface area contributed by atoms with Gasteiger partial charge in [0.05, 0.1) is 6.61 Å². The van der Waals surface area contributed by atoms with Crippen molar-refractivity contribution in [3.63, 3.8) is 0 Å². The minimum absolute atomic E-state index is 0.0911. The minimum Gasteiger partial charge on any atom is -0.444 e. The second kappa shape index (κ2) is 6.19. The van der Waals surface area contributed by atoms with Gasteiger partial charge in [0.15, 0.2) is 0 Å². The first-order chi connectivity index (χ1) is 9.22. The Morgan fingerprint density at radius 3 is 2.55 bits per heavy atom. The number of carbonyl (C=O) groups excluding carboxylic acids is 1. The van der Waals surface area contributed by atoms with Crippen LogP contribution in [0.1, 0.15) is 26.3 Å². The Balaban J connectivity index is 3.01. The zero-order valence-electron chi connectivity index (χ0n) is 11.9. The van der Waals surface area contributed by atoms with Gasteiger partial charge in [-0.2, -0.15) is 0 Å². The Morgan fingerprint density at radius 1 is 1.45 bits per heavy atom. The average Bonchev–Trinajstić information content (AvgIpc) is 2.34. The quantitative estimate of drug-likeness (QED) is 0.782.